The molecule has 2 aromatic rings. The van der Waals surface area contributed by atoms with E-state index in [0.717, 1.165) is 12.8 Å². The Morgan fingerprint density at radius 1 is 0.958 bits per heavy atom. The Balaban J connectivity index is 0.000000429. The molecule has 2 aliphatic rings. The van der Waals surface area contributed by atoms with Gasteiger partial charge < -0.3 is 24.8 Å². The van der Waals surface area contributed by atoms with E-state index in [-0.39, 0.29) is 51.0 Å². The number of hydrogen-bond acceptors (Lipinski definition) is 0. The van der Waals surface area contributed by atoms with Gasteiger partial charge in [0.2, 0.25) is 0 Å². The van der Waals surface area contributed by atoms with Crippen LogP contribution in [0.5, 0.6) is 0 Å². The van der Waals surface area contributed by atoms with Gasteiger partial charge in [0, 0.05) is 0 Å². The first kappa shape index (κ1) is 23.4. The average molecular weight is 435 g/mol. The van der Waals surface area contributed by atoms with Gasteiger partial charge in [-0.05, 0) is 6.42 Å². The molecule has 0 heterocycles. The molecule has 0 amide bonds. The monoisotopic (exact) mass is 432 g/mol. The molecule has 2 aliphatic carbocycles. The molecule has 0 aliphatic heterocycles. The summed E-state index contributed by atoms with van der Waals surface area (Å²) in [4.78, 5) is 0. The third-order valence-corrected chi connectivity index (χ3v) is 4.01. The van der Waals surface area contributed by atoms with E-state index in [1.54, 1.807) is 0 Å². The number of halogens is 2. The molecule has 0 radical (unpaired) electrons. The van der Waals surface area contributed by atoms with Gasteiger partial charge in [-0.25, -0.2) is 6.08 Å². The summed E-state index contributed by atoms with van der Waals surface area (Å²) in [6, 6.07) is 18.1. The van der Waals surface area contributed by atoms with Crippen molar-refractivity contribution >= 4 is 0 Å². The minimum Gasteiger partial charge on any atom is -1.00 e. The van der Waals surface area contributed by atoms with Crippen molar-refractivity contribution < 1.29 is 51.0 Å². The molecule has 4 rings (SSSR count). The molecule has 2 aromatic carbocycles. The molecule has 0 spiro atoms. The molecule has 0 nitrogen and oxygen atoms in total. The molecule has 122 valence electrons. The van der Waals surface area contributed by atoms with E-state index in [1.165, 1.54) is 27.8 Å². The zero-order valence-corrected chi connectivity index (χ0v) is 17.9. The summed E-state index contributed by atoms with van der Waals surface area (Å²) in [5, 5.41) is 0. The SMILES string of the molecule is CC(C)C1=CC[C-]=C1.[Cl-].[Cl-].[Zr+4].[c-]1cccc2c1Cc1ccccc1-2. The third-order valence-electron chi connectivity index (χ3n) is 4.01. The van der Waals surface area contributed by atoms with Crippen LogP contribution in [0.1, 0.15) is 31.4 Å². The molecule has 0 fully saturated rings. The van der Waals surface area contributed by atoms with Crippen LogP contribution in [0, 0.1) is 18.1 Å². The second kappa shape index (κ2) is 11.1. The quantitative estimate of drug-likeness (QED) is 0.449. The van der Waals surface area contributed by atoms with Crippen LogP contribution >= 0.6 is 0 Å². The maximum absolute atomic E-state index is 3.30. The van der Waals surface area contributed by atoms with E-state index in [1.807, 2.05) is 6.07 Å². The largest absolute Gasteiger partial charge is 4.00 e. The molecule has 0 saturated carbocycles. The van der Waals surface area contributed by atoms with Gasteiger partial charge in [-0.2, -0.15) is 41.5 Å². The predicted molar refractivity (Wildman–Crippen MR) is 88.9 cm³/mol. The van der Waals surface area contributed by atoms with E-state index in [9.17, 15) is 0 Å². The van der Waals surface area contributed by atoms with Gasteiger partial charge in [0.1, 0.15) is 0 Å². The van der Waals surface area contributed by atoms with Gasteiger partial charge >= 0.3 is 26.2 Å². The molecule has 0 atom stereocenters. The third kappa shape index (κ3) is 5.45. The molecular formula is C21H20Cl2Zr. The first-order chi connectivity index (χ1) is 10.3. The summed E-state index contributed by atoms with van der Waals surface area (Å²) in [6.45, 7) is 4.41. The van der Waals surface area contributed by atoms with Crippen LogP contribution < -0.4 is 24.8 Å². The maximum atomic E-state index is 3.30. The van der Waals surface area contributed by atoms with Crippen molar-refractivity contribution in [2.24, 2.45) is 5.92 Å². The van der Waals surface area contributed by atoms with Crippen LogP contribution in [-0.2, 0) is 32.6 Å². The summed E-state index contributed by atoms with van der Waals surface area (Å²) >= 11 is 0. The number of benzene rings is 2. The summed E-state index contributed by atoms with van der Waals surface area (Å²) in [5.41, 5.74) is 6.95. The molecule has 0 N–H and O–H groups in total. The topological polar surface area (TPSA) is 0 Å². The van der Waals surface area contributed by atoms with Crippen LogP contribution in [0.3, 0.4) is 0 Å². The standard InChI is InChI=1S/C13H9.C8H11.2ClH.Zr/c1-3-7-12-10(5-1)9-11-6-2-4-8-13(11)12;1-7(2)8-5-3-4-6-8;;;/h1-5,7-8H,9H2;5-7H,3H2,1-2H3;2*1H;/q2*-1;;;+4/p-2. The Morgan fingerprint density at radius 3 is 2.29 bits per heavy atom. The van der Waals surface area contributed by atoms with Crippen molar-refractivity contribution in [1.29, 1.82) is 0 Å². The van der Waals surface area contributed by atoms with Gasteiger partial charge in [-0.1, -0.05) is 55.2 Å². The second-order valence-corrected chi connectivity index (χ2v) is 5.81. The number of allylic oxidation sites excluding steroid dienone is 4. The zero-order valence-electron chi connectivity index (χ0n) is 13.9. The summed E-state index contributed by atoms with van der Waals surface area (Å²) in [7, 11) is 0. The Bertz CT molecular complexity index is 659. The molecule has 0 aromatic heterocycles. The van der Waals surface area contributed by atoms with Crippen molar-refractivity contribution in [3.63, 3.8) is 0 Å². The van der Waals surface area contributed by atoms with E-state index in [2.05, 4.69) is 74.5 Å². The average Bonchev–Trinajstić information content (AvgIpc) is 3.15. The van der Waals surface area contributed by atoms with Gasteiger partial charge in [-0.15, -0.1) is 12.0 Å². The number of rotatable bonds is 1. The van der Waals surface area contributed by atoms with Crippen LogP contribution in [0.15, 0.2) is 60.2 Å². The first-order valence-corrected chi connectivity index (χ1v) is 7.60. The van der Waals surface area contributed by atoms with Crippen molar-refractivity contribution in [1.82, 2.24) is 0 Å². The molecule has 24 heavy (non-hydrogen) atoms. The molecule has 0 unspecified atom stereocenters. The van der Waals surface area contributed by atoms with Crippen LogP contribution in [0.2, 0.25) is 0 Å². The molecule has 0 bridgehead atoms. The number of hydrogen-bond donors (Lipinski definition) is 0. The molecule has 0 saturated heterocycles. The Morgan fingerprint density at radius 2 is 1.67 bits per heavy atom. The second-order valence-electron chi connectivity index (χ2n) is 5.81. The minimum atomic E-state index is 0. The minimum absolute atomic E-state index is 0. The van der Waals surface area contributed by atoms with Crippen LogP contribution in [-0.4, -0.2) is 0 Å². The van der Waals surface area contributed by atoms with Crippen molar-refractivity contribution in [2.45, 2.75) is 26.7 Å². The van der Waals surface area contributed by atoms with Crippen molar-refractivity contribution in [3.05, 3.63) is 83.5 Å². The van der Waals surface area contributed by atoms with Crippen molar-refractivity contribution in [3.8, 4) is 11.1 Å². The van der Waals surface area contributed by atoms with Gasteiger partial charge in [-0.3, -0.25) is 6.08 Å². The van der Waals surface area contributed by atoms with E-state index in [0.29, 0.717) is 5.92 Å². The molecular weight excluding hydrogens is 414 g/mol. The fraction of sp³-hybridized carbons (Fsp3) is 0.238. The van der Waals surface area contributed by atoms with E-state index in [4.69, 9.17) is 0 Å². The van der Waals surface area contributed by atoms with Crippen molar-refractivity contribution in [2.75, 3.05) is 0 Å². The zero-order chi connectivity index (χ0) is 14.7. The summed E-state index contributed by atoms with van der Waals surface area (Å²) in [5.74, 6) is 0.685. The first-order valence-electron chi connectivity index (χ1n) is 7.60. The van der Waals surface area contributed by atoms with E-state index < -0.39 is 0 Å². The van der Waals surface area contributed by atoms with Crippen LogP contribution in [0.25, 0.3) is 11.1 Å². The van der Waals surface area contributed by atoms with Gasteiger partial charge in [0.25, 0.3) is 0 Å². The smallest absolute Gasteiger partial charge is 1.00 e. The van der Waals surface area contributed by atoms with Gasteiger partial charge in [0.15, 0.2) is 0 Å². The van der Waals surface area contributed by atoms with Crippen LogP contribution in [0.4, 0.5) is 0 Å². The maximum Gasteiger partial charge on any atom is 4.00 e. The van der Waals surface area contributed by atoms with E-state index >= 15 is 0 Å². The molecule has 3 heteroatoms. The summed E-state index contributed by atoms with van der Waals surface area (Å²) in [6.07, 6.45) is 9.52. The predicted octanol–water partition coefficient (Wildman–Crippen LogP) is -0.605. The normalized spacial score (nSPS) is 12.5. The summed E-state index contributed by atoms with van der Waals surface area (Å²) < 4.78 is 0. The number of fused-ring (bicyclic) bond motifs is 3. The van der Waals surface area contributed by atoms with Gasteiger partial charge in [0.05, 0.1) is 0 Å². The Labute approximate surface area is 177 Å². The fourth-order valence-corrected chi connectivity index (χ4v) is 2.81. The Hall–Kier alpha value is -0.617. The Kier molecular flexibility index (Phi) is 10.8. The fourth-order valence-electron chi connectivity index (χ4n) is 2.81.